The van der Waals surface area contributed by atoms with Crippen LogP contribution < -0.4 is 10.2 Å². The van der Waals surface area contributed by atoms with Gasteiger partial charge in [0.05, 0.1) is 29.1 Å². The van der Waals surface area contributed by atoms with Gasteiger partial charge in [-0.2, -0.15) is 0 Å². The molecule has 10 nitrogen and oxygen atoms in total. The molecule has 4 aliphatic rings. The van der Waals surface area contributed by atoms with E-state index >= 15 is 0 Å². The van der Waals surface area contributed by atoms with Gasteiger partial charge < -0.3 is 24.6 Å². The van der Waals surface area contributed by atoms with Crippen molar-refractivity contribution in [3.8, 4) is 11.3 Å². The van der Waals surface area contributed by atoms with Gasteiger partial charge in [0.15, 0.2) is 17.5 Å². The van der Waals surface area contributed by atoms with Crippen molar-refractivity contribution in [2.45, 2.75) is 89.3 Å². The SMILES string of the molecule is CC(=O)N1CCC2(CC1)C(=O)N(C1CC(N3CCCCC3)C1)c1cc(-c3cc4ncn(C(C)C)c4c(Nc4ncc(F)cc4F)n3)ccc12. The third-order valence-electron chi connectivity index (χ3n) is 11.3. The standard InChI is InChI=1S/C37H42F2N8O2/c1-22(2)46-21-41-31-19-30(42-35(33(31)46)43-34-29(39)16-25(38)20-40-34)24-7-8-28-32(15-24)47(27-17-26(18-27)45-11-5-4-6-12-45)36(49)37(28)9-13-44(14-10-37)23(3)48/h7-8,15-16,19-22,26-27H,4-6,9-14,17-18H2,1-3H3,(H,40,42,43). The molecule has 1 spiro atoms. The molecule has 6 heterocycles. The van der Waals surface area contributed by atoms with E-state index in [1.165, 1.54) is 19.3 Å². The van der Waals surface area contributed by atoms with Crippen LogP contribution in [0.4, 0.5) is 26.1 Å². The highest BCUT2D eigenvalue weighted by molar-refractivity contribution is 6.09. The van der Waals surface area contributed by atoms with Gasteiger partial charge in [-0.1, -0.05) is 18.6 Å². The Morgan fingerprint density at radius 3 is 2.41 bits per heavy atom. The van der Waals surface area contributed by atoms with Gasteiger partial charge in [-0.3, -0.25) is 9.59 Å². The van der Waals surface area contributed by atoms with E-state index in [1.54, 1.807) is 13.3 Å². The summed E-state index contributed by atoms with van der Waals surface area (Å²) >= 11 is 0. The maximum absolute atomic E-state index is 14.8. The summed E-state index contributed by atoms with van der Waals surface area (Å²) in [6.45, 7) is 9.00. The van der Waals surface area contributed by atoms with Gasteiger partial charge in [0, 0.05) is 55.5 Å². The number of anilines is 3. The number of imidazole rings is 1. The minimum atomic E-state index is -0.827. The predicted molar refractivity (Wildman–Crippen MR) is 184 cm³/mol. The van der Waals surface area contributed by atoms with E-state index in [2.05, 4.69) is 37.2 Å². The fourth-order valence-corrected chi connectivity index (χ4v) is 8.46. The number of benzene rings is 1. The summed E-state index contributed by atoms with van der Waals surface area (Å²) in [7, 11) is 0. The molecular formula is C37H42F2N8O2. The van der Waals surface area contributed by atoms with Gasteiger partial charge in [-0.15, -0.1) is 0 Å². The molecule has 2 saturated heterocycles. The molecule has 1 N–H and O–H groups in total. The third kappa shape index (κ3) is 5.35. The van der Waals surface area contributed by atoms with Crippen LogP contribution >= 0.6 is 0 Å². The first-order valence-electron chi connectivity index (χ1n) is 17.6. The zero-order chi connectivity index (χ0) is 34.0. The Kier molecular flexibility index (Phi) is 7.89. The summed E-state index contributed by atoms with van der Waals surface area (Å²) < 4.78 is 30.4. The number of amides is 2. The summed E-state index contributed by atoms with van der Waals surface area (Å²) in [6, 6.07) is 9.49. The van der Waals surface area contributed by atoms with E-state index in [-0.39, 0.29) is 29.7 Å². The van der Waals surface area contributed by atoms with E-state index in [1.807, 2.05) is 35.4 Å². The van der Waals surface area contributed by atoms with Crippen molar-refractivity contribution < 1.29 is 18.4 Å². The number of piperidine rings is 2. The average Bonchev–Trinajstić information content (AvgIpc) is 3.60. The number of fused-ring (bicyclic) bond motifs is 3. The number of aromatic nitrogens is 4. The Morgan fingerprint density at radius 2 is 1.71 bits per heavy atom. The Morgan fingerprint density at radius 1 is 0.959 bits per heavy atom. The summed E-state index contributed by atoms with van der Waals surface area (Å²) in [5.41, 5.74) is 4.02. The Hall–Kier alpha value is -4.45. The van der Waals surface area contributed by atoms with Gasteiger partial charge in [-0.05, 0) is 83.2 Å². The number of hydrogen-bond acceptors (Lipinski definition) is 7. The second-order valence-corrected chi connectivity index (χ2v) is 14.4. The largest absolute Gasteiger partial charge is 0.343 e. The lowest BCUT2D eigenvalue weighted by molar-refractivity contribution is -0.134. The zero-order valence-corrected chi connectivity index (χ0v) is 28.3. The molecule has 3 fully saturated rings. The van der Waals surface area contributed by atoms with Crippen molar-refractivity contribution in [3.05, 3.63) is 60.1 Å². The second-order valence-electron chi connectivity index (χ2n) is 14.4. The number of nitrogens with zero attached hydrogens (tertiary/aromatic N) is 7. The molecule has 8 rings (SSSR count). The minimum Gasteiger partial charge on any atom is -0.343 e. The average molecular weight is 669 g/mol. The Bertz CT molecular complexity index is 1940. The maximum Gasteiger partial charge on any atom is 0.238 e. The predicted octanol–water partition coefficient (Wildman–Crippen LogP) is 6.34. The number of pyridine rings is 2. The number of halogens is 2. The molecule has 1 saturated carbocycles. The van der Waals surface area contributed by atoms with Crippen LogP contribution in [0, 0.1) is 11.6 Å². The monoisotopic (exact) mass is 668 g/mol. The molecule has 3 aliphatic heterocycles. The van der Waals surface area contributed by atoms with Crippen molar-refractivity contribution in [2.75, 3.05) is 36.4 Å². The van der Waals surface area contributed by atoms with E-state index in [0.717, 1.165) is 55.0 Å². The first-order valence-corrected chi connectivity index (χ1v) is 17.6. The molecule has 0 atom stereocenters. The van der Waals surface area contributed by atoms with Crippen LogP contribution in [0.15, 0.2) is 42.9 Å². The number of rotatable bonds is 6. The van der Waals surface area contributed by atoms with Crippen LogP contribution in [0.5, 0.6) is 0 Å². The van der Waals surface area contributed by atoms with Gasteiger partial charge in [0.2, 0.25) is 11.8 Å². The zero-order valence-electron chi connectivity index (χ0n) is 28.3. The van der Waals surface area contributed by atoms with Crippen molar-refractivity contribution in [1.29, 1.82) is 0 Å². The molecule has 0 unspecified atom stereocenters. The van der Waals surface area contributed by atoms with Gasteiger partial charge in [0.1, 0.15) is 11.3 Å². The summed E-state index contributed by atoms with van der Waals surface area (Å²) in [5, 5.41) is 3.01. The highest BCUT2D eigenvalue weighted by atomic mass is 19.1. The number of hydrogen-bond donors (Lipinski definition) is 1. The third-order valence-corrected chi connectivity index (χ3v) is 11.3. The van der Waals surface area contributed by atoms with Gasteiger partial charge >= 0.3 is 0 Å². The van der Waals surface area contributed by atoms with Crippen molar-refractivity contribution in [1.82, 2.24) is 29.3 Å². The van der Waals surface area contributed by atoms with Crippen LogP contribution in [0.25, 0.3) is 22.3 Å². The lowest BCUT2D eigenvalue weighted by atomic mass is 9.73. The van der Waals surface area contributed by atoms with Crippen molar-refractivity contribution in [3.63, 3.8) is 0 Å². The topological polar surface area (TPSA) is 99.5 Å². The van der Waals surface area contributed by atoms with E-state index in [9.17, 15) is 18.4 Å². The maximum atomic E-state index is 14.8. The second kappa shape index (κ2) is 12.2. The molecule has 0 radical (unpaired) electrons. The summed E-state index contributed by atoms with van der Waals surface area (Å²) in [6.07, 6.45) is 9.55. The van der Waals surface area contributed by atoms with Gasteiger partial charge in [-0.25, -0.2) is 23.7 Å². The molecule has 0 bridgehead atoms. The van der Waals surface area contributed by atoms with Crippen LogP contribution in [-0.4, -0.2) is 79.4 Å². The van der Waals surface area contributed by atoms with Gasteiger partial charge in [0.25, 0.3) is 0 Å². The first kappa shape index (κ1) is 31.8. The van der Waals surface area contributed by atoms with Crippen molar-refractivity contribution >= 4 is 40.2 Å². The number of likely N-dealkylation sites (tertiary alicyclic amines) is 2. The molecule has 2 amide bonds. The normalized spacial score (nSPS) is 22.2. The highest BCUT2D eigenvalue weighted by Crippen LogP contribution is 2.52. The van der Waals surface area contributed by atoms with Crippen LogP contribution in [-0.2, 0) is 15.0 Å². The molecule has 256 valence electrons. The summed E-state index contributed by atoms with van der Waals surface area (Å²) in [4.78, 5) is 46.9. The molecule has 3 aromatic heterocycles. The Labute approximate surface area is 284 Å². The van der Waals surface area contributed by atoms with E-state index in [4.69, 9.17) is 4.98 Å². The van der Waals surface area contributed by atoms with Crippen LogP contribution in [0.1, 0.15) is 77.3 Å². The number of nitrogens with one attached hydrogen (secondary N) is 1. The molecule has 12 heteroatoms. The highest BCUT2D eigenvalue weighted by Gasteiger charge is 2.55. The quantitative estimate of drug-likeness (QED) is 0.256. The lowest BCUT2D eigenvalue weighted by Gasteiger charge is -2.48. The molecular weight excluding hydrogens is 626 g/mol. The summed E-state index contributed by atoms with van der Waals surface area (Å²) in [5.74, 6) is -1.20. The van der Waals surface area contributed by atoms with Crippen LogP contribution in [0.3, 0.4) is 0 Å². The number of carbonyl (C=O) groups excluding carboxylic acids is 2. The molecule has 1 aromatic carbocycles. The van der Waals surface area contributed by atoms with E-state index in [0.29, 0.717) is 54.5 Å². The van der Waals surface area contributed by atoms with Crippen molar-refractivity contribution in [2.24, 2.45) is 0 Å². The Balaban J connectivity index is 1.19. The van der Waals surface area contributed by atoms with Crippen LogP contribution in [0.2, 0.25) is 0 Å². The fraction of sp³-hybridized carbons (Fsp3) is 0.486. The number of carbonyl (C=O) groups is 2. The lowest BCUT2D eigenvalue weighted by Crippen LogP contribution is -2.58. The first-order chi connectivity index (χ1) is 23.6. The van der Waals surface area contributed by atoms with E-state index < -0.39 is 17.0 Å². The molecule has 49 heavy (non-hydrogen) atoms. The smallest absolute Gasteiger partial charge is 0.238 e. The fourth-order valence-electron chi connectivity index (χ4n) is 8.46. The molecule has 1 aliphatic carbocycles. The molecule has 4 aromatic rings. The minimum absolute atomic E-state index is 0.0394.